The predicted octanol–water partition coefficient (Wildman–Crippen LogP) is -0.245. The molecule has 0 radical (unpaired) electrons. The second-order valence-corrected chi connectivity index (χ2v) is 2.39. The summed E-state index contributed by atoms with van der Waals surface area (Å²) in [4.78, 5) is 21.7. The Morgan fingerprint density at radius 3 is 2.86 bits per heavy atom. The maximum absolute atomic E-state index is 10.5. The van der Waals surface area contributed by atoms with Gasteiger partial charge in [0.2, 0.25) is 0 Å². The quantitative estimate of drug-likeness (QED) is 0.703. The van der Waals surface area contributed by atoms with E-state index >= 15 is 0 Å². The lowest BCUT2D eigenvalue weighted by atomic mass is 10.6. The summed E-state index contributed by atoms with van der Waals surface area (Å²) in [6.07, 6.45) is 4.16. The molecule has 14 heavy (non-hydrogen) atoms. The second kappa shape index (κ2) is 3.21. The Labute approximate surface area is 78.1 Å². The maximum atomic E-state index is 10.5. The van der Waals surface area contributed by atoms with Crippen molar-refractivity contribution in [3.8, 4) is 5.82 Å². The zero-order valence-corrected chi connectivity index (χ0v) is 6.90. The number of carbonyl (C=O) groups is 1. The van der Waals surface area contributed by atoms with Crippen LogP contribution in [0.15, 0.2) is 24.9 Å². The van der Waals surface area contributed by atoms with Crippen LogP contribution in [0.5, 0.6) is 0 Å². The molecule has 0 aliphatic rings. The van der Waals surface area contributed by atoms with E-state index in [2.05, 4.69) is 20.1 Å². The summed E-state index contributed by atoms with van der Waals surface area (Å²) in [5, 5.41) is 12.3. The Hall–Kier alpha value is -2.31. The van der Waals surface area contributed by atoms with Crippen molar-refractivity contribution in [2.75, 3.05) is 0 Å². The number of hydrogen-bond acceptors (Lipinski definition) is 5. The van der Waals surface area contributed by atoms with E-state index in [1.165, 1.54) is 23.5 Å². The molecule has 0 saturated carbocycles. The van der Waals surface area contributed by atoms with Crippen LogP contribution in [0.1, 0.15) is 10.6 Å². The zero-order valence-electron chi connectivity index (χ0n) is 6.90. The molecule has 1 N–H and O–H groups in total. The van der Waals surface area contributed by atoms with Crippen molar-refractivity contribution in [1.29, 1.82) is 0 Å². The van der Waals surface area contributed by atoms with Crippen LogP contribution in [-0.4, -0.2) is 35.8 Å². The Balaban J connectivity index is 2.39. The number of hydrogen-bond donors (Lipinski definition) is 1. The molecule has 0 atom stereocenters. The molecule has 2 aromatic heterocycles. The van der Waals surface area contributed by atoms with Gasteiger partial charge in [-0.25, -0.2) is 24.4 Å². The molecule has 7 nitrogen and oxygen atoms in total. The molecular weight excluding hydrogens is 186 g/mol. The number of aromatic nitrogens is 5. The SMILES string of the molecule is O=C(O)c1ncn(-c2ccncn2)n1. The summed E-state index contributed by atoms with van der Waals surface area (Å²) in [6.45, 7) is 0. The average molecular weight is 191 g/mol. The Morgan fingerprint density at radius 1 is 1.43 bits per heavy atom. The number of carboxylic acids is 1. The van der Waals surface area contributed by atoms with Gasteiger partial charge < -0.3 is 5.11 Å². The molecule has 7 heteroatoms. The molecule has 2 heterocycles. The predicted molar refractivity (Wildman–Crippen MR) is 43.9 cm³/mol. The molecule has 0 amide bonds. The third kappa shape index (κ3) is 1.42. The molecule has 70 valence electrons. The summed E-state index contributed by atoms with van der Waals surface area (Å²) in [6, 6.07) is 1.60. The van der Waals surface area contributed by atoms with Crippen molar-refractivity contribution in [3.05, 3.63) is 30.7 Å². The van der Waals surface area contributed by atoms with Crippen LogP contribution < -0.4 is 0 Å². The van der Waals surface area contributed by atoms with Gasteiger partial charge in [-0.05, 0) is 0 Å². The summed E-state index contributed by atoms with van der Waals surface area (Å²) < 4.78 is 1.27. The van der Waals surface area contributed by atoms with Gasteiger partial charge in [0, 0.05) is 12.3 Å². The molecule has 0 spiro atoms. The van der Waals surface area contributed by atoms with E-state index in [9.17, 15) is 4.79 Å². The molecule has 0 fully saturated rings. The minimum Gasteiger partial charge on any atom is -0.475 e. The first-order valence-corrected chi connectivity index (χ1v) is 3.69. The third-order valence-electron chi connectivity index (χ3n) is 1.48. The molecule has 0 aliphatic heterocycles. The van der Waals surface area contributed by atoms with Gasteiger partial charge in [-0.3, -0.25) is 0 Å². The normalized spacial score (nSPS) is 10.0. The van der Waals surface area contributed by atoms with Crippen molar-refractivity contribution in [2.45, 2.75) is 0 Å². The van der Waals surface area contributed by atoms with Crippen molar-refractivity contribution in [1.82, 2.24) is 24.7 Å². The van der Waals surface area contributed by atoms with Gasteiger partial charge in [-0.15, -0.1) is 5.10 Å². The summed E-state index contributed by atoms with van der Waals surface area (Å²) in [7, 11) is 0. The van der Waals surface area contributed by atoms with E-state index in [-0.39, 0.29) is 5.82 Å². The fourth-order valence-corrected chi connectivity index (χ4v) is 0.891. The number of nitrogens with zero attached hydrogens (tertiary/aromatic N) is 5. The Bertz CT molecular complexity index is 452. The Morgan fingerprint density at radius 2 is 2.29 bits per heavy atom. The van der Waals surface area contributed by atoms with Crippen LogP contribution in [0, 0.1) is 0 Å². The largest absolute Gasteiger partial charge is 0.475 e. The van der Waals surface area contributed by atoms with E-state index in [0.717, 1.165) is 0 Å². The first-order valence-electron chi connectivity index (χ1n) is 3.69. The summed E-state index contributed by atoms with van der Waals surface area (Å²) >= 11 is 0. The van der Waals surface area contributed by atoms with E-state index in [1.807, 2.05) is 0 Å². The smallest absolute Gasteiger partial charge is 0.375 e. The van der Waals surface area contributed by atoms with E-state index in [1.54, 1.807) is 6.07 Å². The van der Waals surface area contributed by atoms with Gasteiger partial charge in [0.05, 0.1) is 0 Å². The highest BCUT2D eigenvalue weighted by molar-refractivity contribution is 5.82. The van der Waals surface area contributed by atoms with Gasteiger partial charge in [-0.2, -0.15) is 0 Å². The van der Waals surface area contributed by atoms with E-state index in [0.29, 0.717) is 5.82 Å². The van der Waals surface area contributed by atoms with Crippen molar-refractivity contribution >= 4 is 5.97 Å². The van der Waals surface area contributed by atoms with Crippen molar-refractivity contribution in [3.63, 3.8) is 0 Å². The molecule has 2 aromatic rings. The van der Waals surface area contributed by atoms with Crippen molar-refractivity contribution < 1.29 is 9.90 Å². The van der Waals surface area contributed by atoms with Crippen LogP contribution in [0.4, 0.5) is 0 Å². The maximum Gasteiger partial charge on any atom is 0.375 e. The third-order valence-corrected chi connectivity index (χ3v) is 1.48. The minimum absolute atomic E-state index is 0.261. The van der Waals surface area contributed by atoms with E-state index in [4.69, 9.17) is 5.11 Å². The highest BCUT2D eigenvalue weighted by Gasteiger charge is 2.09. The average Bonchev–Trinajstić information content (AvgIpc) is 2.68. The zero-order chi connectivity index (χ0) is 9.97. The number of carboxylic acid groups (broad SMARTS) is 1. The standard InChI is InChI=1S/C7H5N5O2/c13-7(14)6-10-4-12(11-6)5-1-2-8-3-9-5/h1-4H,(H,13,14). The van der Waals surface area contributed by atoms with Crippen LogP contribution >= 0.6 is 0 Å². The van der Waals surface area contributed by atoms with Gasteiger partial charge in [-0.1, -0.05) is 0 Å². The molecule has 0 unspecified atom stereocenters. The fraction of sp³-hybridized carbons (Fsp3) is 0. The minimum atomic E-state index is -1.17. The summed E-state index contributed by atoms with van der Waals surface area (Å²) in [5.74, 6) is -0.957. The topological polar surface area (TPSA) is 93.8 Å². The van der Waals surface area contributed by atoms with E-state index < -0.39 is 5.97 Å². The van der Waals surface area contributed by atoms with Gasteiger partial charge in [0.1, 0.15) is 12.7 Å². The molecule has 0 aliphatic carbocycles. The number of rotatable bonds is 2. The summed E-state index contributed by atoms with van der Waals surface area (Å²) in [5.41, 5.74) is 0. The monoisotopic (exact) mass is 191 g/mol. The molecular formula is C7H5N5O2. The highest BCUT2D eigenvalue weighted by Crippen LogP contribution is 1.99. The first kappa shape index (κ1) is 8.30. The fourth-order valence-electron chi connectivity index (χ4n) is 0.891. The van der Waals surface area contributed by atoms with Crippen LogP contribution in [0.3, 0.4) is 0 Å². The highest BCUT2D eigenvalue weighted by atomic mass is 16.4. The molecule has 0 bridgehead atoms. The first-order chi connectivity index (χ1) is 6.77. The van der Waals surface area contributed by atoms with Gasteiger partial charge in [0.15, 0.2) is 5.82 Å². The van der Waals surface area contributed by atoms with Gasteiger partial charge in [0.25, 0.3) is 5.82 Å². The molecule has 2 rings (SSSR count). The Kier molecular flexibility index (Phi) is 1.90. The second-order valence-electron chi connectivity index (χ2n) is 2.39. The van der Waals surface area contributed by atoms with Gasteiger partial charge >= 0.3 is 5.97 Å². The lowest BCUT2D eigenvalue weighted by Gasteiger charge is -1.95. The molecule has 0 saturated heterocycles. The van der Waals surface area contributed by atoms with Crippen molar-refractivity contribution in [2.24, 2.45) is 0 Å². The van der Waals surface area contributed by atoms with Crippen LogP contribution in [0.2, 0.25) is 0 Å². The van der Waals surface area contributed by atoms with Crippen LogP contribution in [-0.2, 0) is 0 Å². The lowest BCUT2D eigenvalue weighted by Crippen LogP contribution is -2.02. The lowest BCUT2D eigenvalue weighted by molar-refractivity contribution is 0.0683. The number of aromatic carboxylic acids is 1. The van der Waals surface area contributed by atoms with Crippen LogP contribution in [0.25, 0.3) is 5.82 Å². The molecule has 0 aromatic carbocycles.